The summed E-state index contributed by atoms with van der Waals surface area (Å²) in [4.78, 5) is 23.7. The zero-order valence-electron chi connectivity index (χ0n) is 12.7. The van der Waals surface area contributed by atoms with Crippen LogP contribution in [0.5, 0.6) is 0 Å². The summed E-state index contributed by atoms with van der Waals surface area (Å²) in [5.41, 5.74) is 0.634. The van der Waals surface area contributed by atoms with Crippen LogP contribution < -0.4 is 5.32 Å². The number of hydrogen-bond acceptors (Lipinski definition) is 3. The molecule has 0 fully saturated rings. The Morgan fingerprint density at radius 1 is 1.25 bits per heavy atom. The molecule has 2 aromatic rings. The van der Waals surface area contributed by atoms with Gasteiger partial charge in [-0.15, -0.1) is 0 Å². The van der Waals surface area contributed by atoms with Crippen molar-refractivity contribution in [3.63, 3.8) is 0 Å². The Hall–Kier alpha value is -1.92. The molecule has 0 aliphatic rings. The smallest absolute Gasteiger partial charge is 0.341 e. The molecular formula is C17H14BrClFNO3. The highest BCUT2D eigenvalue weighted by Crippen LogP contribution is 2.17. The molecule has 0 spiro atoms. The van der Waals surface area contributed by atoms with Gasteiger partial charge in [0.25, 0.3) is 5.91 Å². The largest absolute Gasteiger partial charge is 0.452 e. The highest BCUT2D eigenvalue weighted by molar-refractivity contribution is 9.10. The lowest BCUT2D eigenvalue weighted by molar-refractivity contribution is -0.124. The third-order valence-electron chi connectivity index (χ3n) is 3.23. The van der Waals surface area contributed by atoms with Gasteiger partial charge in [-0.1, -0.05) is 39.7 Å². The second-order valence-electron chi connectivity index (χ2n) is 5.04. The Kier molecular flexibility index (Phi) is 6.34. The lowest BCUT2D eigenvalue weighted by Crippen LogP contribution is -2.31. The first-order valence-electron chi connectivity index (χ1n) is 7.04. The molecule has 4 nitrogen and oxygen atoms in total. The highest BCUT2D eigenvalue weighted by Gasteiger charge is 2.16. The molecule has 1 N–H and O–H groups in total. The van der Waals surface area contributed by atoms with Crippen LogP contribution in [0.2, 0.25) is 5.02 Å². The third kappa shape index (κ3) is 5.04. The van der Waals surface area contributed by atoms with Gasteiger partial charge in [-0.25, -0.2) is 9.18 Å². The van der Waals surface area contributed by atoms with E-state index in [4.69, 9.17) is 16.3 Å². The van der Waals surface area contributed by atoms with Crippen molar-refractivity contribution in [3.05, 3.63) is 68.9 Å². The minimum atomic E-state index is -0.894. The van der Waals surface area contributed by atoms with Crippen LogP contribution in [0.3, 0.4) is 0 Å². The van der Waals surface area contributed by atoms with E-state index in [2.05, 4.69) is 21.2 Å². The Labute approximate surface area is 152 Å². The van der Waals surface area contributed by atoms with Crippen molar-refractivity contribution in [2.24, 2.45) is 0 Å². The maximum atomic E-state index is 13.6. The number of ether oxygens (including phenoxy) is 1. The minimum absolute atomic E-state index is 0.225. The van der Waals surface area contributed by atoms with Gasteiger partial charge in [0.2, 0.25) is 0 Å². The number of halogens is 3. The lowest BCUT2D eigenvalue weighted by Gasteiger charge is -2.14. The molecule has 0 aliphatic carbocycles. The van der Waals surface area contributed by atoms with E-state index in [1.807, 2.05) is 0 Å². The van der Waals surface area contributed by atoms with Crippen molar-refractivity contribution in [1.29, 1.82) is 0 Å². The molecule has 7 heteroatoms. The minimum Gasteiger partial charge on any atom is -0.452 e. The Bertz CT molecular complexity index is 752. The predicted octanol–water partition coefficient (Wildman–Crippen LogP) is 4.28. The van der Waals surface area contributed by atoms with Crippen LogP contribution in [0.4, 0.5) is 4.39 Å². The molecule has 126 valence electrons. The maximum absolute atomic E-state index is 13.6. The van der Waals surface area contributed by atoms with Crippen LogP contribution >= 0.6 is 27.5 Å². The van der Waals surface area contributed by atoms with Gasteiger partial charge in [-0.2, -0.15) is 0 Å². The SMILES string of the molecule is CC(NC(=O)COC(=O)c1ccc(Br)cc1F)c1ccc(Cl)cc1. The number of carbonyl (C=O) groups excluding carboxylic acids is 2. The summed E-state index contributed by atoms with van der Waals surface area (Å²) < 4.78 is 19.0. The quantitative estimate of drug-likeness (QED) is 0.743. The average molecular weight is 415 g/mol. The van der Waals surface area contributed by atoms with Gasteiger partial charge < -0.3 is 10.1 Å². The lowest BCUT2D eigenvalue weighted by atomic mass is 10.1. The molecule has 1 atom stereocenters. The molecule has 0 saturated heterocycles. The van der Waals surface area contributed by atoms with E-state index in [-0.39, 0.29) is 11.6 Å². The monoisotopic (exact) mass is 413 g/mol. The van der Waals surface area contributed by atoms with Gasteiger partial charge in [0.15, 0.2) is 6.61 Å². The van der Waals surface area contributed by atoms with Gasteiger partial charge >= 0.3 is 5.97 Å². The summed E-state index contributed by atoms with van der Waals surface area (Å²) in [7, 11) is 0. The molecule has 24 heavy (non-hydrogen) atoms. The second kappa shape index (κ2) is 8.26. The van der Waals surface area contributed by atoms with Gasteiger partial charge in [0.05, 0.1) is 11.6 Å². The molecule has 2 rings (SSSR count). The van der Waals surface area contributed by atoms with Crippen molar-refractivity contribution >= 4 is 39.4 Å². The molecule has 0 bridgehead atoms. The van der Waals surface area contributed by atoms with Crippen LogP contribution in [-0.4, -0.2) is 18.5 Å². The van der Waals surface area contributed by atoms with E-state index < -0.39 is 24.3 Å². The normalized spacial score (nSPS) is 11.7. The molecule has 0 aliphatic heterocycles. The fourth-order valence-electron chi connectivity index (χ4n) is 1.98. The first-order valence-corrected chi connectivity index (χ1v) is 8.21. The zero-order chi connectivity index (χ0) is 17.7. The molecule has 0 aromatic heterocycles. The highest BCUT2D eigenvalue weighted by atomic mass is 79.9. The molecule has 2 aromatic carbocycles. The number of rotatable bonds is 5. The van der Waals surface area contributed by atoms with E-state index in [1.165, 1.54) is 12.1 Å². The summed E-state index contributed by atoms with van der Waals surface area (Å²) in [5.74, 6) is -2.10. The standard InChI is InChI=1S/C17H14BrClFNO3/c1-10(11-2-5-13(19)6-3-11)21-16(22)9-24-17(23)14-7-4-12(18)8-15(14)20/h2-8,10H,9H2,1H3,(H,21,22). The number of carbonyl (C=O) groups is 2. The number of benzene rings is 2. The third-order valence-corrected chi connectivity index (χ3v) is 3.98. The average Bonchev–Trinajstić information content (AvgIpc) is 2.53. The number of amides is 1. The van der Waals surface area contributed by atoms with E-state index >= 15 is 0 Å². The zero-order valence-corrected chi connectivity index (χ0v) is 15.0. The molecule has 0 radical (unpaired) electrons. The van der Waals surface area contributed by atoms with Crippen molar-refractivity contribution in [2.45, 2.75) is 13.0 Å². The Morgan fingerprint density at radius 3 is 2.54 bits per heavy atom. The van der Waals surface area contributed by atoms with Crippen molar-refractivity contribution in [2.75, 3.05) is 6.61 Å². The summed E-state index contributed by atoms with van der Waals surface area (Å²) in [6.45, 7) is 1.30. The first-order chi connectivity index (χ1) is 11.4. The predicted molar refractivity (Wildman–Crippen MR) is 92.4 cm³/mol. The fraction of sp³-hybridized carbons (Fsp3) is 0.176. The molecule has 0 heterocycles. The molecule has 1 amide bonds. The van der Waals surface area contributed by atoms with Gasteiger partial charge in [0, 0.05) is 9.50 Å². The number of nitrogens with one attached hydrogen (secondary N) is 1. The first kappa shape index (κ1) is 18.4. The second-order valence-corrected chi connectivity index (χ2v) is 6.39. The number of hydrogen-bond donors (Lipinski definition) is 1. The van der Waals surface area contributed by atoms with Crippen LogP contribution in [0.1, 0.15) is 28.9 Å². The topological polar surface area (TPSA) is 55.4 Å². The van der Waals surface area contributed by atoms with E-state index in [0.29, 0.717) is 9.50 Å². The Morgan fingerprint density at radius 2 is 1.92 bits per heavy atom. The summed E-state index contributed by atoms with van der Waals surface area (Å²) in [6.07, 6.45) is 0. The summed E-state index contributed by atoms with van der Waals surface area (Å²) >= 11 is 8.91. The van der Waals surface area contributed by atoms with Crippen molar-refractivity contribution in [3.8, 4) is 0 Å². The molecular weight excluding hydrogens is 401 g/mol. The van der Waals surface area contributed by atoms with Crippen LogP contribution in [0, 0.1) is 5.82 Å². The van der Waals surface area contributed by atoms with Gasteiger partial charge in [0.1, 0.15) is 5.82 Å². The summed E-state index contributed by atoms with van der Waals surface area (Å²) in [5, 5.41) is 3.29. The van der Waals surface area contributed by atoms with E-state index in [9.17, 15) is 14.0 Å². The van der Waals surface area contributed by atoms with Crippen molar-refractivity contribution in [1.82, 2.24) is 5.32 Å². The maximum Gasteiger partial charge on any atom is 0.341 e. The van der Waals surface area contributed by atoms with Crippen LogP contribution in [0.15, 0.2) is 46.9 Å². The van der Waals surface area contributed by atoms with Gasteiger partial charge in [-0.3, -0.25) is 4.79 Å². The van der Waals surface area contributed by atoms with Gasteiger partial charge in [-0.05, 0) is 42.8 Å². The molecule has 0 saturated carbocycles. The van der Waals surface area contributed by atoms with E-state index in [0.717, 1.165) is 11.6 Å². The van der Waals surface area contributed by atoms with Crippen molar-refractivity contribution < 1.29 is 18.7 Å². The van der Waals surface area contributed by atoms with Crippen LogP contribution in [-0.2, 0) is 9.53 Å². The van der Waals surface area contributed by atoms with Crippen LogP contribution in [0.25, 0.3) is 0 Å². The number of esters is 1. The fourth-order valence-corrected chi connectivity index (χ4v) is 2.44. The Balaban J connectivity index is 1.88. The van der Waals surface area contributed by atoms with E-state index in [1.54, 1.807) is 31.2 Å². The summed E-state index contributed by atoms with van der Waals surface area (Å²) in [6, 6.07) is 10.7. The molecule has 1 unspecified atom stereocenters.